The molecule has 6 heteroatoms. The molecular formula is C23H23N3O3. The summed E-state index contributed by atoms with van der Waals surface area (Å²) in [7, 11) is 0. The van der Waals surface area contributed by atoms with E-state index >= 15 is 0 Å². The molecule has 1 aromatic carbocycles. The number of benzene rings is 1. The minimum Gasteiger partial charge on any atom is -0.475 e. The van der Waals surface area contributed by atoms with Gasteiger partial charge in [0.15, 0.2) is 11.3 Å². The third kappa shape index (κ3) is 4.70. The Hall–Kier alpha value is -3.01. The van der Waals surface area contributed by atoms with Gasteiger partial charge in [0.25, 0.3) is 0 Å². The molecular weight excluding hydrogens is 366 g/mol. The first-order valence-electron chi connectivity index (χ1n) is 9.67. The number of nitrogens with zero attached hydrogens (tertiary/aromatic N) is 3. The summed E-state index contributed by atoms with van der Waals surface area (Å²) in [5, 5.41) is 0. The molecule has 1 fully saturated rings. The Kier molecular flexibility index (Phi) is 5.70. The molecule has 6 nitrogen and oxygen atoms in total. The van der Waals surface area contributed by atoms with Crippen molar-refractivity contribution >= 4 is 11.2 Å². The molecule has 0 saturated carbocycles. The summed E-state index contributed by atoms with van der Waals surface area (Å²) in [6.07, 6.45) is 2.69. The number of aryl methyl sites for hydroxylation is 1. The van der Waals surface area contributed by atoms with Crippen molar-refractivity contribution in [3.8, 4) is 17.7 Å². The largest absolute Gasteiger partial charge is 0.475 e. The van der Waals surface area contributed by atoms with Crippen LogP contribution in [0.2, 0.25) is 0 Å². The van der Waals surface area contributed by atoms with Crippen molar-refractivity contribution in [3.05, 3.63) is 59.4 Å². The summed E-state index contributed by atoms with van der Waals surface area (Å²) in [6, 6.07) is 11.9. The average molecular weight is 389 g/mol. The number of fused-ring (bicyclic) bond motifs is 1. The van der Waals surface area contributed by atoms with Gasteiger partial charge in [-0.15, -0.1) is 0 Å². The molecule has 1 saturated heterocycles. The topological polar surface area (TPSA) is 66.4 Å². The maximum Gasteiger partial charge on any atom is 0.249 e. The molecule has 0 aliphatic carbocycles. The molecule has 3 heterocycles. The van der Waals surface area contributed by atoms with Crippen molar-refractivity contribution in [1.82, 2.24) is 15.0 Å². The normalized spacial score (nSPS) is 15.5. The summed E-state index contributed by atoms with van der Waals surface area (Å²) in [6.45, 7) is 6.05. The van der Waals surface area contributed by atoms with Crippen LogP contribution in [0, 0.1) is 17.3 Å². The Balaban J connectivity index is 1.64. The van der Waals surface area contributed by atoms with Gasteiger partial charge in [-0.05, 0) is 42.2 Å². The van der Waals surface area contributed by atoms with E-state index in [1.165, 1.54) is 5.56 Å². The van der Waals surface area contributed by atoms with Crippen LogP contribution in [0.3, 0.4) is 0 Å². The maximum absolute atomic E-state index is 6.05. The monoisotopic (exact) mass is 389 g/mol. The van der Waals surface area contributed by atoms with Crippen LogP contribution < -0.4 is 4.74 Å². The van der Waals surface area contributed by atoms with Gasteiger partial charge in [-0.25, -0.2) is 15.0 Å². The Labute approximate surface area is 170 Å². The van der Waals surface area contributed by atoms with Crippen LogP contribution in [0.25, 0.3) is 11.2 Å². The molecule has 0 amide bonds. The van der Waals surface area contributed by atoms with Gasteiger partial charge in [0.2, 0.25) is 5.88 Å². The highest BCUT2D eigenvalue weighted by Crippen LogP contribution is 2.24. The third-order valence-corrected chi connectivity index (χ3v) is 4.72. The summed E-state index contributed by atoms with van der Waals surface area (Å²) in [5.41, 5.74) is 3.63. The molecule has 29 heavy (non-hydrogen) atoms. The van der Waals surface area contributed by atoms with Crippen molar-refractivity contribution in [2.45, 2.75) is 20.3 Å². The van der Waals surface area contributed by atoms with Gasteiger partial charge in [0.05, 0.1) is 19.8 Å². The molecule has 2 aromatic heterocycles. The highest BCUT2D eigenvalue weighted by molar-refractivity contribution is 5.71. The van der Waals surface area contributed by atoms with Gasteiger partial charge in [0.1, 0.15) is 12.3 Å². The lowest BCUT2D eigenvalue weighted by molar-refractivity contribution is -0.167. The summed E-state index contributed by atoms with van der Waals surface area (Å²) in [4.78, 5) is 13.5. The second-order valence-corrected chi connectivity index (χ2v) is 7.44. The minimum atomic E-state index is -0.246. The molecule has 1 aliphatic heterocycles. The summed E-state index contributed by atoms with van der Waals surface area (Å²) < 4.78 is 16.9. The van der Waals surface area contributed by atoms with Crippen LogP contribution in [0.15, 0.2) is 42.6 Å². The smallest absolute Gasteiger partial charge is 0.249 e. The number of aromatic nitrogens is 3. The lowest BCUT2D eigenvalue weighted by Crippen LogP contribution is -2.39. The maximum atomic E-state index is 6.05. The van der Waals surface area contributed by atoms with Crippen LogP contribution in [-0.4, -0.2) is 41.6 Å². The van der Waals surface area contributed by atoms with E-state index in [4.69, 9.17) is 14.2 Å². The van der Waals surface area contributed by atoms with Gasteiger partial charge >= 0.3 is 0 Å². The Morgan fingerprint density at radius 1 is 1.07 bits per heavy atom. The lowest BCUT2D eigenvalue weighted by atomic mass is 9.94. The quantitative estimate of drug-likeness (QED) is 0.638. The molecule has 0 N–H and O–H groups in total. The summed E-state index contributed by atoms with van der Waals surface area (Å²) in [5.74, 6) is 6.66. The fraction of sp³-hybridized carbons (Fsp3) is 0.348. The first-order valence-corrected chi connectivity index (χ1v) is 9.67. The standard InChI is InChI=1S/C23H23N3O3/c1-3-17-6-8-18(9-7-17)10-11-20-22(26-19-5-4-12-24-21(19)25-20)29-15-23(2)13-27-16-28-14-23/h4-9,12H,3,13-16H2,1-2H3. The molecule has 3 aromatic rings. The highest BCUT2D eigenvalue weighted by Gasteiger charge is 2.30. The number of rotatable bonds is 4. The zero-order chi connectivity index (χ0) is 20.1. The first kappa shape index (κ1) is 19.3. The second-order valence-electron chi connectivity index (χ2n) is 7.44. The zero-order valence-corrected chi connectivity index (χ0v) is 16.6. The molecule has 4 rings (SSSR count). The molecule has 0 bridgehead atoms. The van der Waals surface area contributed by atoms with E-state index in [0.717, 1.165) is 12.0 Å². The van der Waals surface area contributed by atoms with E-state index < -0.39 is 0 Å². The molecule has 148 valence electrons. The van der Waals surface area contributed by atoms with Gasteiger partial charge in [-0.1, -0.05) is 31.9 Å². The predicted octanol–water partition coefficient (Wildman–Crippen LogP) is 3.38. The first-order chi connectivity index (χ1) is 14.1. The van der Waals surface area contributed by atoms with Gasteiger partial charge < -0.3 is 14.2 Å². The highest BCUT2D eigenvalue weighted by atomic mass is 16.7. The number of ether oxygens (including phenoxy) is 3. The van der Waals surface area contributed by atoms with Crippen LogP contribution in [0.1, 0.15) is 30.7 Å². The van der Waals surface area contributed by atoms with Crippen molar-refractivity contribution < 1.29 is 14.2 Å². The van der Waals surface area contributed by atoms with E-state index in [1.807, 2.05) is 24.3 Å². The average Bonchev–Trinajstić information content (AvgIpc) is 2.77. The van der Waals surface area contributed by atoms with Crippen LogP contribution >= 0.6 is 0 Å². The molecule has 1 aliphatic rings. The zero-order valence-electron chi connectivity index (χ0n) is 16.6. The van der Waals surface area contributed by atoms with Crippen molar-refractivity contribution in [2.75, 3.05) is 26.6 Å². The predicted molar refractivity (Wildman–Crippen MR) is 110 cm³/mol. The van der Waals surface area contributed by atoms with E-state index in [2.05, 4.69) is 52.8 Å². The van der Waals surface area contributed by atoms with Gasteiger partial charge in [-0.2, -0.15) is 0 Å². The van der Waals surface area contributed by atoms with Crippen LogP contribution in [0.4, 0.5) is 0 Å². The Morgan fingerprint density at radius 3 is 2.62 bits per heavy atom. The number of pyridine rings is 1. The SMILES string of the molecule is CCc1ccc(C#Cc2nc3ncccc3nc2OCC2(C)COCOC2)cc1. The van der Waals surface area contributed by atoms with E-state index in [-0.39, 0.29) is 5.41 Å². The molecule has 0 unspecified atom stereocenters. The van der Waals surface area contributed by atoms with Crippen molar-refractivity contribution in [2.24, 2.45) is 5.41 Å². The summed E-state index contributed by atoms with van der Waals surface area (Å²) >= 11 is 0. The number of hydrogen-bond donors (Lipinski definition) is 0. The van der Waals surface area contributed by atoms with E-state index in [0.29, 0.717) is 49.4 Å². The molecule has 0 radical (unpaired) electrons. The number of hydrogen-bond acceptors (Lipinski definition) is 6. The lowest BCUT2D eigenvalue weighted by Gasteiger charge is -2.32. The van der Waals surface area contributed by atoms with E-state index in [9.17, 15) is 0 Å². The minimum absolute atomic E-state index is 0.246. The second kappa shape index (κ2) is 8.56. The van der Waals surface area contributed by atoms with Crippen LogP contribution in [-0.2, 0) is 15.9 Å². The van der Waals surface area contributed by atoms with Crippen LogP contribution in [0.5, 0.6) is 5.88 Å². The fourth-order valence-corrected chi connectivity index (χ4v) is 3.02. The van der Waals surface area contributed by atoms with Crippen molar-refractivity contribution in [1.29, 1.82) is 0 Å². The molecule has 0 atom stereocenters. The molecule has 0 spiro atoms. The fourth-order valence-electron chi connectivity index (χ4n) is 3.02. The van der Waals surface area contributed by atoms with Gasteiger partial charge in [-0.3, -0.25) is 0 Å². The van der Waals surface area contributed by atoms with E-state index in [1.54, 1.807) is 6.20 Å². The Morgan fingerprint density at radius 2 is 1.86 bits per heavy atom. The Bertz CT molecular complexity index is 1050. The van der Waals surface area contributed by atoms with Crippen molar-refractivity contribution in [3.63, 3.8) is 0 Å². The third-order valence-electron chi connectivity index (χ3n) is 4.72. The van der Waals surface area contributed by atoms with Gasteiger partial charge in [0, 0.05) is 17.2 Å².